The second kappa shape index (κ2) is 9.65. The molecule has 33 heavy (non-hydrogen) atoms. The van der Waals surface area contributed by atoms with E-state index in [0.29, 0.717) is 22.3 Å². The smallest absolute Gasteiger partial charge is 0.194 e. The molecule has 0 saturated carbocycles. The van der Waals surface area contributed by atoms with Gasteiger partial charge in [-0.25, -0.2) is 0 Å². The van der Waals surface area contributed by atoms with Gasteiger partial charge in [0.15, 0.2) is 11.6 Å². The molecular weight excluding hydrogens is 423 g/mol. The predicted octanol–water partition coefficient (Wildman–Crippen LogP) is 6.01. The summed E-state index contributed by atoms with van der Waals surface area (Å²) in [5.41, 5.74) is 6.02. The van der Waals surface area contributed by atoms with E-state index in [1.165, 1.54) is 0 Å². The van der Waals surface area contributed by atoms with Gasteiger partial charge in [0.05, 0.1) is 0 Å². The van der Waals surface area contributed by atoms with E-state index in [1.807, 2.05) is 94.4 Å². The highest BCUT2D eigenvalue weighted by atomic mass is 31.1. The molecule has 4 aromatic carbocycles. The number of hydrogen-bond donors (Lipinski definition) is 0. The van der Waals surface area contributed by atoms with Crippen molar-refractivity contribution >= 4 is 30.8 Å². The number of rotatable bonds is 6. The van der Waals surface area contributed by atoms with Crippen LogP contribution in [0.2, 0.25) is 0 Å². The standard InChI is InChI=1S/C30H27O2P/c1-19-11-8-12-20(2)26(19)29(31)24-17-10-18-25(33-23-15-6-5-7-16-23)28(24)30(32)27-21(3)13-9-14-22(27)4/h5-18,33H,1-4H3. The number of carbonyl (C=O) groups is 2. The van der Waals surface area contributed by atoms with Gasteiger partial charge in [0, 0.05) is 22.3 Å². The van der Waals surface area contributed by atoms with Gasteiger partial charge in [-0.05, 0) is 60.6 Å². The zero-order valence-corrected chi connectivity index (χ0v) is 20.4. The van der Waals surface area contributed by atoms with Crippen molar-refractivity contribution in [3.05, 3.63) is 129 Å². The van der Waals surface area contributed by atoms with Crippen molar-refractivity contribution in [2.24, 2.45) is 0 Å². The molecule has 0 aliphatic carbocycles. The third-order valence-corrected chi connectivity index (χ3v) is 7.31. The average molecular weight is 451 g/mol. The lowest BCUT2D eigenvalue weighted by Crippen LogP contribution is -2.22. The van der Waals surface area contributed by atoms with Crippen LogP contribution in [-0.2, 0) is 0 Å². The summed E-state index contributed by atoms with van der Waals surface area (Å²) in [6.45, 7) is 7.80. The lowest BCUT2D eigenvalue weighted by Gasteiger charge is -2.17. The van der Waals surface area contributed by atoms with Crippen molar-refractivity contribution < 1.29 is 9.59 Å². The summed E-state index contributed by atoms with van der Waals surface area (Å²) in [7, 11) is 0.275. The molecule has 0 bridgehead atoms. The summed E-state index contributed by atoms with van der Waals surface area (Å²) in [4.78, 5) is 27.9. The van der Waals surface area contributed by atoms with E-state index in [0.717, 1.165) is 32.9 Å². The first kappa shape index (κ1) is 22.8. The summed E-state index contributed by atoms with van der Waals surface area (Å²) >= 11 is 0. The first-order valence-corrected chi connectivity index (χ1v) is 12.1. The lowest BCUT2D eigenvalue weighted by atomic mass is 9.88. The molecule has 0 N–H and O–H groups in total. The van der Waals surface area contributed by atoms with Crippen LogP contribution < -0.4 is 10.6 Å². The van der Waals surface area contributed by atoms with Crippen LogP contribution in [0, 0.1) is 27.7 Å². The first-order chi connectivity index (χ1) is 15.9. The molecule has 0 fully saturated rings. The van der Waals surface area contributed by atoms with E-state index in [9.17, 15) is 9.59 Å². The minimum Gasteiger partial charge on any atom is -0.289 e. The third kappa shape index (κ3) is 4.58. The molecule has 0 spiro atoms. The highest BCUT2D eigenvalue weighted by Crippen LogP contribution is 2.27. The van der Waals surface area contributed by atoms with Gasteiger partial charge in [-0.15, -0.1) is 0 Å². The van der Waals surface area contributed by atoms with Crippen molar-refractivity contribution in [3.8, 4) is 0 Å². The minimum absolute atomic E-state index is 0.0841. The Labute approximate surface area is 197 Å². The molecule has 0 saturated heterocycles. The van der Waals surface area contributed by atoms with Gasteiger partial charge in [0.1, 0.15) is 0 Å². The predicted molar refractivity (Wildman–Crippen MR) is 139 cm³/mol. The molecule has 0 heterocycles. The lowest BCUT2D eigenvalue weighted by molar-refractivity contribution is 0.100. The van der Waals surface area contributed by atoms with Crippen LogP contribution >= 0.6 is 8.58 Å². The van der Waals surface area contributed by atoms with Crippen LogP contribution in [0.25, 0.3) is 0 Å². The maximum atomic E-state index is 14.1. The van der Waals surface area contributed by atoms with E-state index in [-0.39, 0.29) is 20.1 Å². The Balaban J connectivity index is 1.95. The van der Waals surface area contributed by atoms with Gasteiger partial charge in [-0.2, -0.15) is 0 Å². The number of aryl methyl sites for hydroxylation is 4. The molecule has 0 amide bonds. The SMILES string of the molecule is Cc1cccc(C)c1C(=O)c1cccc(Pc2ccccc2)c1C(=O)c1c(C)cccc1C. The molecule has 1 atom stereocenters. The Bertz CT molecular complexity index is 1310. The zero-order chi connectivity index (χ0) is 23.5. The fourth-order valence-corrected chi connectivity index (χ4v) is 5.60. The fourth-order valence-electron chi connectivity index (χ4n) is 4.37. The number of ketones is 2. The summed E-state index contributed by atoms with van der Waals surface area (Å²) in [6, 6.07) is 27.5. The van der Waals surface area contributed by atoms with Crippen molar-refractivity contribution in [1.82, 2.24) is 0 Å². The first-order valence-electron chi connectivity index (χ1n) is 11.1. The molecule has 0 aliphatic rings. The van der Waals surface area contributed by atoms with Crippen LogP contribution in [-0.4, -0.2) is 11.6 Å². The molecule has 0 aromatic heterocycles. The summed E-state index contributed by atoms with van der Waals surface area (Å²) in [6.07, 6.45) is 0. The average Bonchev–Trinajstić information content (AvgIpc) is 2.79. The maximum absolute atomic E-state index is 14.1. The Morgan fingerprint density at radius 1 is 0.515 bits per heavy atom. The third-order valence-electron chi connectivity index (χ3n) is 6.01. The summed E-state index contributed by atoms with van der Waals surface area (Å²) in [5.74, 6) is -0.181. The quantitative estimate of drug-likeness (QED) is 0.266. The Hall–Kier alpha value is -3.35. The van der Waals surface area contributed by atoms with Crippen molar-refractivity contribution in [2.75, 3.05) is 0 Å². The van der Waals surface area contributed by atoms with E-state index < -0.39 is 0 Å². The van der Waals surface area contributed by atoms with Gasteiger partial charge in [0.25, 0.3) is 0 Å². The van der Waals surface area contributed by atoms with Crippen LogP contribution in [0.5, 0.6) is 0 Å². The zero-order valence-electron chi connectivity index (χ0n) is 19.4. The van der Waals surface area contributed by atoms with E-state index in [1.54, 1.807) is 6.07 Å². The molecule has 4 aromatic rings. The van der Waals surface area contributed by atoms with E-state index >= 15 is 0 Å². The Morgan fingerprint density at radius 2 is 1.00 bits per heavy atom. The van der Waals surface area contributed by atoms with E-state index in [2.05, 4.69) is 12.1 Å². The van der Waals surface area contributed by atoms with Crippen molar-refractivity contribution in [3.63, 3.8) is 0 Å². The van der Waals surface area contributed by atoms with E-state index in [4.69, 9.17) is 0 Å². The van der Waals surface area contributed by atoms with Gasteiger partial charge in [-0.1, -0.05) is 93.5 Å². The molecule has 3 heteroatoms. The summed E-state index contributed by atoms with van der Waals surface area (Å²) < 4.78 is 0. The second-order valence-electron chi connectivity index (χ2n) is 8.41. The molecule has 1 unspecified atom stereocenters. The molecule has 4 rings (SSSR count). The molecule has 0 aliphatic heterocycles. The van der Waals surface area contributed by atoms with Crippen molar-refractivity contribution in [1.29, 1.82) is 0 Å². The van der Waals surface area contributed by atoms with Crippen LogP contribution in [0.3, 0.4) is 0 Å². The van der Waals surface area contributed by atoms with Crippen LogP contribution in [0.15, 0.2) is 84.9 Å². The van der Waals surface area contributed by atoms with Crippen LogP contribution in [0.4, 0.5) is 0 Å². The molecule has 164 valence electrons. The van der Waals surface area contributed by atoms with Crippen molar-refractivity contribution in [2.45, 2.75) is 27.7 Å². The highest BCUT2D eigenvalue weighted by Gasteiger charge is 2.26. The largest absolute Gasteiger partial charge is 0.289 e. The highest BCUT2D eigenvalue weighted by molar-refractivity contribution is 7.55. The number of hydrogen-bond acceptors (Lipinski definition) is 2. The second-order valence-corrected chi connectivity index (χ2v) is 9.78. The maximum Gasteiger partial charge on any atom is 0.194 e. The number of carbonyl (C=O) groups excluding carboxylic acids is 2. The van der Waals surface area contributed by atoms with Gasteiger partial charge in [-0.3, -0.25) is 9.59 Å². The molecular formula is C30H27O2P. The van der Waals surface area contributed by atoms with Gasteiger partial charge < -0.3 is 0 Å². The Morgan fingerprint density at radius 3 is 1.55 bits per heavy atom. The molecule has 2 nitrogen and oxygen atoms in total. The normalized spacial score (nSPS) is 11.2. The topological polar surface area (TPSA) is 34.1 Å². The summed E-state index contributed by atoms with van der Waals surface area (Å²) in [5, 5.41) is 2.02. The minimum atomic E-state index is -0.0973. The van der Waals surface area contributed by atoms with Gasteiger partial charge >= 0.3 is 0 Å². The monoisotopic (exact) mass is 450 g/mol. The Kier molecular flexibility index (Phi) is 6.67. The fraction of sp³-hybridized carbons (Fsp3) is 0.133. The molecule has 0 radical (unpaired) electrons. The van der Waals surface area contributed by atoms with Crippen LogP contribution in [0.1, 0.15) is 54.1 Å². The number of benzene rings is 4. The van der Waals surface area contributed by atoms with Gasteiger partial charge in [0.2, 0.25) is 0 Å².